The van der Waals surface area contributed by atoms with Crippen LogP contribution in [0.2, 0.25) is 0 Å². The van der Waals surface area contributed by atoms with E-state index in [2.05, 4.69) is 42.3 Å². The molecule has 1 saturated heterocycles. The predicted molar refractivity (Wildman–Crippen MR) is 173 cm³/mol. The van der Waals surface area contributed by atoms with Crippen LogP contribution >= 0.6 is 0 Å². The number of carbonyl (C=O) groups is 3. The van der Waals surface area contributed by atoms with Crippen molar-refractivity contribution in [1.82, 2.24) is 20.5 Å². The van der Waals surface area contributed by atoms with Gasteiger partial charge < -0.3 is 44.3 Å². The van der Waals surface area contributed by atoms with Crippen molar-refractivity contribution >= 4 is 17.9 Å². The Labute approximate surface area is 276 Å². The monoisotopic (exact) mass is 654 g/mol. The lowest BCUT2D eigenvalue weighted by atomic mass is 9.88. The molecule has 1 aliphatic rings. The second-order valence-corrected chi connectivity index (χ2v) is 12.3. The number of hydrogen-bond donors (Lipinski definition) is 3. The van der Waals surface area contributed by atoms with Gasteiger partial charge in [-0.3, -0.25) is 4.79 Å². The molecule has 2 atom stereocenters. The lowest BCUT2D eigenvalue weighted by molar-refractivity contribution is -0.143. The van der Waals surface area contributed by atoms with Crippen molar-refractivity contribution in [3.63, 3.8) is 0 Å². The minimum Gasteiger partial charge on any atom is -0.487 e. The molecule has 1 aliphatic heterocycles. The van der Waals surface area contributed by atoms with Gasteiger partial charge in [0.05, 0.1) is 45.6 Å². The first kappa shape index (κ1) is 37.1. The van der Waals surface area contributed by atoms with Gasteiger partial charge in [0.1, 0.15) is 30.3 Å². The molecule has 3 rings (SSSR count). The second kappa shape index (κ2) is 18.7. The van der Waals surface area contributed by atoms with Gasteiger partial charge >= 0.3 is 12.0 Å². The first-order chi connectivity index (χ1) is 22.5. The van der Waals surface area contributed by atoms with Gasteiger partial charge in [-0.1, -0.05) is 32.8 Å². The first-order valence-corrected chi connectivity index (χ1v) is 15.5. The minimum absolute atomic E-state index is 0.00330. The molecule has 13 nitrogen and oxygen atoms in total. The summed E-state index contributed by atoms with van der Waals surface area (Å²) in [5.74, 6) is 2.51. The SMILES string of the molecule is C#CCOCCOCC(CO)CNC(=O)N1CC(Oc2cccc(Oc3ccc(C(=O)N[C@@H](CCC(C)(C)C)C(=O)OC)cn3)c2)C1. The number of aliphatic hydroxyl groups is 1. The summed E-state index contributed by atoms with van der Waals surface area (Å²) in [6.07, 6.45) is 7.48. The smallest absolute Gasteiger partial charge is 0.328 e. The normalized spacial score (nSPS) is 14.3. The molecule has 1 aromatic heterocycles. The van der Waals surface area contributed by atoms with Crippen LogP contribution < -0.4 is 20.1 Å². The number of ether oxygens (including phenoxy) is 5. The van der Waals surface area contributed by atoms with E-state index in [1.807, 2.05) is 0 Å². The number of methoxy groups -OCH3 is 1. The molecule has 256 valence electrons. The Hall–Kier alpha value is -4.38. The summed E-state index contributed by atoms with van der Waals surface area (Å²) in [7, 11) is 1.30. The van der Waals surface area contributed by atoms with E-state index in [-0.39, 0.29) is 61.3 Å². The van der Waals surface area contributed by atoms with Crippen LogP contribution in [0.4, 0.5) is 4.79 Å². The highest BCUT2D eigenvalue weighted by Crippen LogP contribution is 2.26. The van der Waals surface area contributed by atoms with Crippen molar-refractivity contribution in [3.05, 3.63) is 48.2 Å². The van der Waals surface area contributed by atoms with Gasteiger partial charge in [-0.15, -0.1) is 6.42 Å². The van der Waals surface area contributed by atoms with Crippen molar-refractivity contribution in [1.29, 1.82) is 0 Å². The molecule has 0 aliphatic carbocycles. The van der Waals surface area contributed by atoms with E-state index in [1.165, 1.54) is 13.3 Å². The van der Waals surface area contributed by atoms with Crippen LogP contribution in [0.5, 0.6) is 17.4 Å². The van der Waals surface area contributed by atoms with Gasteiger partial charge in [-0.05, 0) is 36.5 Å². The summed E-state index contributed by atoms with van der Waals surface area (Å²) in [6, 6.07) is 9.15. The molecule has 3 amide bonds. The number of amides is 3. The lowest BCUT2D eigenvalue weighted by Crippen LogP contribution is -2.59. The first-order valence-electron chi connectivity index (χ1n) is 15.5. The molecule has 47 heavy (non-hydrogen) atoms. The molecule has 1 unspecified atom stereocenters. The molecule has 0 spiro atoms. The maximum absolute atomic E-state index is 12.8. The molecule has 0 bridgehead atoms. The Balaban J connectivity index is 1.42. The Morgan fingerprint density at radius 1 is 1.13 bits per heavy atom. The average Bonchev–Trinajstić information content (AvgIpc) is 3.03. The summed E-state index contributed by atoms with van der Waals surface area (Å²) in [5.41, 5.74) is 0.274. The minimum atomic E-state index is -0.761. The van der Waals surface area contributed by atoms with Gasteiger partial charge in [0.25, 0.3) is 5.91 Å². The van der Waals surface area contributed by atoms with Crippen LogP contribution in [0.15, 0.2) is 42.6 Å². The predicted octanol–water partition coefficient (Wildman–Crippen LogP) is 3.02. The van der Waals surface area contributed by atoms with E-state index in [4.69, 9.17) is 30.1 Å². The standard InChI is InChI=1S/C34H46N4O9/c1-6-14-44-15-16-45-23-24(22-39)18-36-33(42)38-20-28(21-38)46-26-8-7-9-27(17-26)47-30-11-10-25(19-35-30)31(40)37-29(32(41)43-5)12-13-34(2,3)4/h1,7-11,17,19,24,28-29,39H,12-16,18,20-23H2,2-5H3,(H,36,42)(H,37,40)/t24?,29-/m0/s1. The number of aliphatic hydroxyl groups excluding tert-OH is 1. The van der Waals surface area contributed by atoms with Crippen LogP contribution in [0.3, 0.4) is 0 Å². The van der Waals surface area contributed by atoms with Crippen molar-refractivity contribution < 1.29 is 43.2 Å². The van der Waals surface area contributed by atoms with Crippen LogP contribution in [0.1, 0.15) is 44.0 Å². The zero-order chi connectivity index (χ0) is 34.2. The average molecular weight is 655 g/mol. The van der Waals surface area contributed by atoms with Crippen molar-refractivity contribution in [2.75, 3.05) is 59.8 Å². The van der Waals surface area contributed by atoms with Gasteiger partial charge in [0.2, 0.25) is 5.88 Å². The topological polar surface area (TPSA) is 158 Å². The number of terminal acetylenes is 1. The highest BCUT2D eigenvalue weighted by molar-refractivity contribution is 5.96. The summed E-state index contributed by atoms with van der Waals surface area (Å²) >= 11 is 0. The summed E-state index contributed by atoms with van der Waals surface area (Å²) in [5, 5.41) is 15.1. The fraction of sp³-hybridized carbons (Fsp3) is 0.529. The van der Waals surface area contributed by atoms with E-state index in [0.29, 0.717) is 44.2 Å². The fourth-order valence-electron chi connectivity index (χ4n) is 4.41. The van der Waals surface area contributed by atoms with E-state index >= 15 is 0 Å². The van der Waals surface area contributed by atoms with E-state index < -0.39 is 17.9 Å². The number of likely N-dealkylation sites (tertiary alicyclic amines) is 1. The number of pyridine rings is 1. The van der Waals surface area contributed by atoms with Crippen LogP contribution in [-0.4, -0.2) is 105 Å². The van der Waals surface area contributed by atoms with Crippen molar-refractivity contribution in [2.45, 2.75) is 45.8 Å². The Morgan fingerprint density at radius 3 is 2.53 bits per heavy atom. The second-order valence-electron chi connectivity index (χ2n) is 12.3. The van der Waals surface area contributed by atoms with Gasteiger partial charge in [0, 0.05) is 37.4 Å². The lowest BCUT2D eigenvalue weighted by Gasteiger charge is -2.39. The Bertz CT molecular complexity index is 1330. The van der Waals surface area contributed by atoms with E-state index in [9.17, 15) is 19.5 Å². The number of esters is 1. The largest absolute Gasteiger partial charge is 0.487 e. The number of nitrogens with zero attached hydrogens (tertiary/aromatic N) is 2. The number of rotatable bonds is 18. The molecule has 0 radical (unpaired) electrons. The Morgan fingerprint density at radius 2 is 1.87 bits per heavy atom. The zero-order valence-electron chi connectivity index (χ0n) is 27.5. The highest BCUT2D eigenvalue weighted by atomic mass is 16.5. The third-order valence-corrected chi connectivity index (χ3v) is 7.15. The number of hydrogen-bond acceptors (Lipinski definition) is 10. The maximum Gasteiger partial charge on any atom is 0.328 e. The third-order valence-electron chi connectivity index (χ3n) is 7.15. The maximum atomic E-state index is 12.8. The van der Waals surface area contributed by atoms with Gasteiger partial charge in [-0.25, -0.2) is 14.6 Å². The summed E-state index contributed by atoms with van der Waals surface area (Å²) < 4.78 is 27.3. The molecular weight excluding hydrogens is 608 g/mol. The van der Waals surface area contributed by atoms with Crippen LogP contribution in [-0.2, 0) is 19.0 Å². The third kappa shape index (κ3) is 13.1. The summed E-state index contributed by atoms with van der Waals surface area (Å²) in [6.45, 7) is 8.36. The highest BCUT2D eigenvalue weighted by Gasteiger charge is 2.32. The van der Waals surface area contributed by atoms with E-state index in [1.54, 1.807) is 41.3 Å². The van der Waals surface area contributed by atoms with E-state index in [0.717, 1.165) is 6.42 Å². The summed E-state index contributed by atoms with van der Waals surface area (Å²) in [4.78, 5) is 43.4. The van der Waals surface area contributed by atoms with Crippen molar-refractivity contribution in [2.24, 2.45) is 11.3 Å². The van der Waals surface area contributed by atoms with Crippen molar-refractivity contribution in [3.8, 4) is 29.7 Å². The molecule has 13 heteroatoms. The number of carbonyl (C=O) groups excluding carboxylic acids is 3. The van der Waals surface area contributed by atoms with Gasteiger partial charge in [-0.2, -0.15) is 0 Å². The zero-order valence-corrected chi connectivity index (χ0v) is 27.5. The number of urea groups is 1. The number of aromatic nitrogens is 1. The molecule has 1 fully saturated rings. The molecule has 2 heterocycles. The Kier molecular flexibility index (Phi) is 14.7. The fourth-order valence-corrected chi connectivity index (χ4v) is 4.41. The molecule has 0 saturated carbocycles. The number of benzene rings is 1. The molecule has 1 aromatic carbocycles. The molecule has 3 N–H and O–H groups in total. The molecule has 2 aromatic rings. The quantitative estimate of drug-likeness (QED) is 0.124. The molecular formula is C34H46N4O9. The number of nitrogens with one attached hydrogen (secondary N) is 2. The van der Waals surface area contributed by atoms with Crippen LogP contribution in [0, 0.1) is 23.7 Å². The van der Waals surface area contributed by atoms with Gasteiger partial charge in [0.15, 0.2) is 0 Å². The van der Waals surface area contributed by atoms with Crippen LogP contribution in [0.25, 0.3) is 0 Å².